The molecular weight excluding hydrogens is 359 g/mol. The van der Waals surface area contributed by atoms with Gasteiger partial charge in [-0.2, -0.15) is 0 Å². The molecule has 0 aromatic heterocycles. The normalized spacial score (nSPS) is 9.76. The number of carboxylic acids is 4. The van der Waals surface area contributed by atoms with Crippen molar-refractivity contribution in [2.45, 2.75) is 0 Å². The van der Waals surface area contributed by atoms with E-state index in [1.807, 2.05) is 0 Å². The fraction of sp³-hybridized carbons (Fsp3) is 0. The first-order chi connectivity index (χ1) is 11.2. The molecule has 0 radical (unpaired) electrons. The van der Waals surface area contributed by atoms with Gasteiger partial charge in [0, 0.05) is 0 Å². The van der Waals surface area contributed by atoms with Gasteiger partial charge in [0.1, 0.15) is 0 Å². The monoisotopic (exact) mass is 370 g/mol. The van der Waals surface area contributed by atoms with E-state index in [0.717, 1.165) is 24.3 Å². The molecule has 0 saturated carbocycles. The molecule has 124 valence electrons. The molecule has 9 heteroatoms. The SMILES string of the molecule is O=C(O)c1ccc(-c2ccc(C(=O)O)c(C(=O)O)c2)cc1C(=O)O.[H-].[K+]. The van der Waals surface area contributed by atoms with Crippen molar-refractivity contribution in [2.75, 3.05) is 0 Å². The van der Waals surface area contributed by atoms with Crippen LogP contribution in [0, 0.1) is 0 Å². The molecule has 0 bridgehead atoms. The van der Waals surface area contributed by atoms with E-state index < -0.39 is 46.1 Å². The van der Waals surface area contributed by atoms with Gasteiger partial charge in [0.2, 0.25) is 0 Å². The predicted molar refractivity (Wildman–Crippen MR) is 80.8 cm³/mol. The number of hydrogen-bond donors (Lipinski definition) is 4. The van der Waals surface area contributed by atoms with Gasteiger partial charge in [-0.3, -0.25) is 0 Å². The summed E-state index contributed by atoms with van der Waals surface area (Å²) in [5, 5.41) is 36.2. The van der Waals surface area contributed by atoms with E-state index in [0.29, 0.717) is 0 Å². The van der Waals surface area contributed by atoms with Crippen molar-refractivity contribution >= 4 is 23.9 Å². The van der Waals surface area contributed by atoms with Crippen molar-refractivity contribution in [1.29, 1.82) is 0 Å². The van der Waals surface area contributed by atoms with Crippen molar-refractivity contribution in [3.05, 3.63) is 58.7 Å². The Labute approximate surface area is 184 Å². The van der Waals surface area contributed by atoms with Crippen LogP contribution in [0.3, 0.4) is 0 Å². The van der Waals surface area contributed by atoms with Crippen LogP contribution in [-0.4, -0.2) is 44.3 Å². The van der Waals surface area contributed by atoms with Gasteiger partial charge in [-0.25, -0.2) is 19.2 Å². The molecule has 0 aliphatic heterocycles. The van der Waals surface area contributed by atoms with Gasteiger partial charge in [-0.1, -0.05) is 12.1 Å². The van der Waals surface area contributed by atoms with Gasteiger partial charge >= 0.3 is 75.3 Å². The number of benzene rings is 2. The summed E-state index contributed by atoms with van der Waals surface area (Å²) in [4.78, 5) is 44.4. The van der Waals surface area contributed by atoms with Gasteiger partial charge in [-0.15, -0.1) is 0 Å². The van der Waals surface area contributed by atoms with Crippen molar-refractivity contribution in [3.63, 3.8) is 0 Å². The summed E-state index contributed by atoms with van der Waals surface area (Å²) >= 11 is 0. The first-order valence-electron chi connectivity index (χ1n) is 6.44. The smallest absolute Gasteiger partial charge is 1.00 e. The van der Waals surface area contributed by atoms with E-state index in [9.17, 15) is 19.2 Å². The third-order valence-corrected chi connectivity index (χ3v) is 3.29. The Morgan fingerprint density at radius 1 is 0.560 bits per heavy atom. The van der Waals surface area contributed by atoms with Crippen LogP contribution in [0.15, 0.2) is 36.4 Å². The maximum Gasteiger partial charge on any atom is 1.00 e. The number of carbonyl (C=O) groups is 4. The quantitative estimate of drug-likeness (QED) is 0.503. The zero-order valence-corrected chi connectivity index (χ0v) is 16.0. The number of carboxylic acid groups (broad SMARTS) is 4. The van der Waals surface area contributed by atoms with Gasteiger partial charge in [-0.05, 0) is 35.4 Å². The van der Waals surface area contributed by atoms with Crippen molar-refractivity contribution in [2.24, 2.45) is 0 Å². The van der Waals surface area contributed by atoms with Crippen LogP contribution in [0.5, 0.6) is 0 Å². The second-order valence-corrected chi connectivity index (χ2v) is 4.74. The summed E-state index contributed by atoms with van der Waals surface area (Å²) in [6, 6.07) is 6.99. The van der Waals surface area contributed by atoms with Crippen molar-refractivity contribution in [3.8, 4) is 11.1 Å². The molecule has 0 spiro atoms. The largest absolute Gasteiger partial charge is 1.00 e. The van der Waals surface area contributed by atoms with Crippen LogP contribution in [0.2, 0.25) is 0 Å². The van der Waals surface area contributed by atoms with Gasteiger partial charge in [0.25, 0.3) is 0 Å². The van der Waals surface area contributed by atoms with E-state index in [4.69, 9.17) is 20.4 Å². The van der Waals surface area contributed by atoms with Crippen molar-refractivity contribution in [1.82, 2.24) is 0 Å². The van der Waals surface area contributed by atoms with Gasteiger partial charge in [0.05, 0.1) is 22.3 Å². The summed E-state index contributed by atoms with van der Waals surface area (Å²) in [5.41, 5.74) is -1.24. The molecule has 0 heterocycles. The predicted octanol–water partition coefficient (Wildman–Crippen LogP) is -0.737. The summed E-state index contributed by atoms with van der Waals surface area (Å²) in [6.45, 7) is 0. The van der Waals surface area contributed by atoms with Crippen LogP contribution in [0.1, 0.15) is 42.9 Å². The van der Waals surface area contributed by atoms with Crippen LogP contribution < -0.4 is 51.4 Å². The molecule has 4 N–H and O–H groups in total. The van der Waals surface area contributed by atoms with E-state index in [1.165, 1.54) is 12.1 Å². The Kier molecular flexibility index (Phi) is 7.02. The molecule has 0 unspecified atom stereocenters. The van der Waals surface area contributed by atoms with E-state index in [1.54, 1.807) is 0 Å². The molecule has 0 amide bonds. The topological polar surface area (TPSA) is 149 Å². The Hall–Kier alpha value is -2.04. The fourth-order valence-electron chi connectivity index (χ4n) is 2.17. The van der Waals surface area contributed by atoms with Crippen LogP contribution in [0.25, 0.3) is 11.1 Å². The van der Waals surface area contributed by atoms with Crippen LogP contribution in [-0.2, 0) is 0 Å². The molecule has 0 saturated heterocycles. The summed E-state index contributed by atoms with van der Waals surface area (Å²) < 4.78 is 0. The third kappa shape index (κ3) is 4.53. The Morgan fingerprint density at radius 3 is 1.08 bits per heavy atom. The van der Waals surface area contributed by atoms with E-state index in [-0.39, 0.29) is 63.9 Å². The van der Waals surface area contributed by atoms with Gasteiger partial charge < -0.3 is 21.9 Å². The maximum atomic E-state index is 11.2. The fourth-order valence-corrected chi connectivity index (χ4v) is 2.17. The summed E-state index contributed by atoms with van der Waals surface area (Å²) in [6.07, 6.45) is 0. The number of rotatable bonds is 5. The van der Waals surface area contributed by atoms with E-state index >= 15 is 0 Å². The minimum absolute atomic E-state index is 0. The maximum absolute atomic E-state index is 11.2. The number of hydrogen-bond acceptors (Lipinski definition) is 4. The zero-order valence-electron chi connectivity index (χ0n) is 13.9. The molecule has 0 aliphatic carbocycles. The third-order valence-electron chi connectivity index (χ3n) is 3.29. The Balaban J connectivity index is 0.00000312. The summed E-state index contributed by atoms with van der Waals surface area (Å²) in [7, 11) is 0. The Bertz CT molecular complexity index is 820. The first kappa shape index (κ1) is 21.0. The zero-order chi connectivity index (χ0) is 18.0. The molecule has 0 atom stereocenters. The number of aromatic carboxylic acids is 4. The summed E-state index contributed by atoms with van der Waals surface area (Å²) in [5.74, 6) is -5.72. The molecule has 2 aromatic rings. The molecular formula is C16H11KO8. The van der Waals surface area contributed by atoms with Crippen molar-refractivity contribution < 1.29 is 92.4 Å². The van der Waals surface area contributed by atoms with Gasteiger partial charge in [0.15, 0.2) is 0 Å². The minimum Gasteiger partial charge on any atom is -1.00 e. The molecule has 8 nitrogen and oxygen atoms in total. The minimum atomic E-state index is -1.45. The second-order valence-electron chi connectivity index (χ2n) is 4.74. The molecule has 0 fully saturated rings. The van der Waals surface area contributed by atoms with E-state index in [2.05, 4.69) is 0 Å². The Morgan fingerprint density at radius 2 is 0.840 bits per heavy atom. The standard InChI is InChI=1S/C16H10O8.K.H/c17-13(18)9-3-1-7(5-11(9)15(21)22)8-2-4-10(14(19)20)12(6-8)16(23)24;;/h1-6H,(H,17,18)(H,19,20)(H,21,22)(H,23,24);;/q;+1;-1. The first-order valence-corrected chi connectivity index (χ1v) is 6.44. The molecule has 2 rings (SSSR count). The average molecular weight is 370 g/mol. The average Bonchev–Trinajstić information content (AvgIpc) is 2.53. The molecule has 0 aliphatic rings. The van der Waals surface area contributed by atoms with Crippen LogP contribution >= 0.6 is 0 Å². The molecule has 25 heavy (non-hydrogen) atoms. The second kappa shape index (κ2) is 8.36. The van der Waals surface area contributed by atoms with Crippen LogP contribution in [0.4, 0.5) is 0 Å². The molecule has 2 aromatic carbocycles.